The molecular formula is C23H23N4O4-. The van der Waals surface area contributed by atoms with Crippen LogP contribution in [0.25, 0.3) is 10.9 Å². The van der Waals surface area contributed by atoms with Gasteiger partial charge < -0.3 is 25.2 Å². The van der Waals surface area contributed by atoms with E-state index in [1.165, 1.54) is 12.1 Å². The molecule has 3 heterocycles. The van der Waals surface area contributed by atoms with Crippen molar-refractivity contribution in [1.82, 2.24) is 14.8 Å². The minimum Gasteiger partial charge on any atom is -0.733 e. The first-order chi connectivity index (χ1) is 15.0. The summed E-state index contributed by atoms with van der Waals surface area (Å²) in [5.41, 5.74) is 3.76. The van der Waals surface area contributed by atoms with Crippen molar-refractivity contribution in [3.63, 3.8) is 0 Å². The molecule has 0 bridgehead atoms. The lowest BCUT2D eigenvalue weighted by atomic mass is 9.86. The van der Waals surface area contributed by atoms with Gasteiger partial charge in [-0.15, -0.1) is 0 Å². The second kappa shape index (κ2) is 7.40. The van der Waals surface area contributed by atoms with Gasteiger partial charge in [-0.05, 0) is 35.7 Å². The third-order valence-corrected chi connectivity index (χ3v) is 6.27. The van der Waals surface area contributed by atoms with Crippen molar-refractivity contribution in [3.8, 4) is 0 Å². The number of hydrogen-bond donors (Lipinski definition) is 2. The maximum atomic E-state index is 13.3. The van der Waals surface area contributed by atoms with Crippen molar-refractivity contribution in [3.05, 3.63) is 70.6 Å². The van der Waals surface area contributed by atoms with Crippen LogP contribution in [0.5, 0.6) is 0 Å². The highest BCUT2D eigenvalue weighted by molar-refractivity contribution is 5.97. The Hall–Kier alpha value is -3.36. The lowest BCUT2D eigenvalue weighted by molar-refractivity contribution is -0.158. The fourth-order valence-corrected chi connectivity index (χ4v) is 4.91. The van der Waals surface area contributed by atoms with Crippen molar-refractivity contribution >= 4 is 28.4 Å². The smallest absolute Gasteiger partial charge is 0.246 e. The highest BCUT2D eigenvalue weighted by atomic mass is 16.8. The molecular weight excluding hydrogens is 396 g/mol. The third-order valence-electron chi connectivity index (χ3n) is 6.27. The zero-order chi connectivity index (χ0) is 21.7. The number of piperazine rings is 1. The molecule has 2 aliphatic rings. The second-order valence-electron chi connectivity index (χ2n) is 8.11. The largest absolute Gasteiger partial charge is 0.733 e. The van der Waals surface area contributed by atoms with Gasteiger partial charge in [-0.2, -0.15) is 0 Å². The quantitative estimate of drug-likeness (QED) is 0.633. The number of nitrogens with one attached hydrogen (secondary N) is 1. The molecule has 2 aliphatic heterocycles. The van der Waals surface area contributed by atoms with Crippen LogP contribution >= 0.6 is 0 Å². The van der Waals surface area contributed by atoms with Gasteiger partial charge in [0.15, 0.2) is 0 Å². The number of hydrogen-bond acceptors (Lipinski definition) is 5. The summed E-state index contributed by atoms with van der Waals surface area (Å²) in [4.78, 5) is 33.4. The van der Waals surface area contributed by atoms with Crippen LogP contribution in [0.3, 0.4) is 0 Å². The van der Waals surface area contributed by atoms with Crippen LogP contribution in [0.15, 0.2) is 48.5 Å². The minimum absolute atomic E-state index is 0.0277. The molecule has 0 aliphatic carbocycles. The Morgan fingerprint density at radius 1 is 1.16 bits per heavy atom. The normalized spacial score (nSPS) is 20.7. The van der Waals surface area contributed by atoms with E-state index in [-0.39, 0.29) is 29.3 Å². The monoisotopic (exact) mass is 419 g/mol. The molecule has 3 aromatic rings. The fraction of sp³-hybridized carbons (Fsp3) is 0.304. The maximum absolute atomic E-state index is 13.3. The average molecular weight is 419 g/mol. The number of aromatic amines is 1. The van der Waals surface area contributed by atoms with Gasteiger partial charge in [-0.3, -0.25) is 14.8 Å². The van der Waals surface area contributed by atoms with E-state index in [4.69, 9.17) is 0 Å². The average Bonchev–Trinajstić information content (AvgIpc) is 3.14. The molecule has 8 heteroatoms. The summed E-state index contributed by atoms with van der Waals surface area (Å²) >= 11 is 0. The van der Waals surface area contributed by atoms with Crippen LogP contribution in [-0.4, -0.2) is 50.9 Å². The lowest BCUT2D eigenvalue weighted by Crippen LogP contribution is -2.63. The summed E-state index contributed by atoms with van der Waals surface area (Å²) in [5.74, 6) is -0.121. The van der Waals surface area contributed by atoms with Gasteiger partial charge in [0.25, 0.3) is 0 Å². The van der Waals surface area contributed by atoms with Crippen LogP contribution in [-0.2, 0) is 16.0 Å². The van der Waals surface area contributed by atoms with Gasteiger partial charge in [0.1, 0.15) is 6.04 Å². The summed E-state index contributed by atoms with van der Waals surface area (Å²) in [5, 5.41) is 21.3. The molecule has 2 atom stereocenters. The number of rotatable bonds is 4. The molecule has 2 aromatic carbocycles. The molecule has 5 rings (SSSR count). The molecule has 0 radical (unpaired) electrons. The van der Waals surface area contributed by atoms with Gasteiger partial charge in [0, 0.05) is 29.6 Å². The molecule has 31 heavy (non-hydrogen) atoms. The summed E-state index contributed by atoms with van der Waals surface area (Å²) < 4.78 is 0. The zero-order valence-corrected chi connectivity index (χ0v) is 17.1. The second-order valence-corrected chi connectivity index (χ2v) is 8.11. The molecule has 8 nitrogen and oxygen atoms in total. The molecule has 1 aromatic heterocycles. The number of nitrogens with zero attached hydrogens (tertiary/aromatic N) is 3. The van der Waals surface area contributed by atoms with E-state index < -0.39 is 12.1 Å². The van der Waals surface area contributed by atoms with Crippen molar-refractivity contribution in [2.75, 3.05) is 18.3 Å². The molecule has 160 valence electrons. The molecule has 1 saturated heterocycles. The Morgan fingerprint density at radius 2 is 1.90 bits per heavy atom. The SMILES string of the molecule is CCCN1CC(=O)N2C(c3ccc(N([O-])O)cc3)c3[nH]c4ccccc4c3C[C@H]2C1=O. The van der Waals surface area contributed by atoms with Gasteiger partial charge in [-0.25, -0.2) is 0 Å². The summed E-state index contributed by atoms with van der Waals surface area (Å²) in [6.07, 6.45) is 1.26. The van der Waals surface area contributed by atoms with Crippen LogP contribution < -0.4 is 5.23 Å². The van der Waals surface area contributed by atoms with Crippen molar-refractivity contribution in [2.45, 2.75) is 31.8 Å². The number of carbonyl (C=O) groups excluding carboxylic acids is 2. The highest BCUT2D eigenvalue weighted by Crippen LogP contribution is 2.42. The van der Waals surface area contributed by atoms with Gasteiger partial charge >= 0.3 is 0 Å². The van der Waals surface area contributed by atoms with Crippen LogP contribution in [0.4, 0.5) is 5.69 Å². The van der Waals surface area contributed by atoms with E-state index in [1.54, 1.807) is 21.9 Å². The number of amides is 2. The third kappa shape index (κ3) is 3.07. The summed E-state index contributed by atoms with van der Waals surface area (Å²) in [7, 11) is 0. The van der Waals surface area contributed by atoms with E-state index in [1.807, 2.05) is 31.2 Å². The molecule has 1 fully saturated rings. The lowest BCUT2D eigenvalue weighted by Gasteiger charge is -2.47. The maximum Gasteiger partial charge on any atom is 0.246 e. The molecule has 2 amide bonds. The Balaban J connectivity index is 1.67. The van der Waals surface area contributed by atoms with Gasteiger partial charge in [-0.1, -0.05) is 37.3 Å². The Morgan fingerprint density at radius 3 is 2.61 bits per heavy atom. The number of anilines is 1. The number of aromatic nitrogens is 1. The number of benzene rings is 2. The van der Waals surface area contributed by atoms with E-state index in [9.17, 15) is 20.0 Å². The number of carbonyl (C=O) groups is 2. The molecule has 0 spiro atoms. The first kappa shape index (κ1) is 19.6. The fourth-order valence-electron chi connectivity index (χ4n) is 4.91. The van der Waals surface area contributed by atoms with Crippen molar-refractivity contribution < 1.29 is 14.8 Å². The van der Waals surface area contributed by atoms with Crippen molar-refractivity contribution in [2.24, 2.45) is 0 Å². The molecule has 1 unspecified atom stereocenters. The van der Waals surface area contributed by atoms with E-state index in [2.05, 4.69) is 4.98 Å². The Labute approximate surface area is 179 Å². The van der Waals surface area contributed by atoms with Crippen LogP contribution in [0.2, 0.25) is 0 Å². The standard InChI is InChI=1S/C23H23N4O4/c1-2-11-25-13-20(28)26-19(23(25)29)12-17-16-5-3-4-6-18(16)24-21(17)22(26)14-7-9-15(10-8-14)27(30)31/h3-10,19,22,24,30H,2,11-13H2,1H3/q-1/t19-,22?/m0/s1. The minimum atomic E-state index is -0.571. The first-order valence-corrected chi connectivity index (χ1v) is 10.4. The number of fused-ring (bicyclic) bond motifs is 4. The van der Waals surface area contributed by atoms with E-state index in [0.717, 1.165) is 34.1 Å². The number of H-pyrrole nitrogens is 1. The van der Waals surface area contributed by atoms with E-state index in [0.29, 0.717) is 13.0 Å². The van der Waals surface area contributed by atoms with Crippen molar-refractivity contribution in [1.29, 1.82) is 0 Å². The van der Waals surface area contributed by atoms with E-state index >= 15 is 0 Å². The topological polar surface area (TPSA) is 103 Å². The summed E-state index contributed by atoms with van der Waals surface area (Å²) in [6.45, 7) is 2.62. The molecule has 0 saturated carbocycles. The predicted molar refractivity (Wildman–Crippen MR) is 115 cm³/mol. The predicted octanol–water partition coefficient (Wildman–Crippen LogP) is 2.96. The van der Waals surface area contributed by atoms with Gasteiger partial charge in [0.05, 0.1) is 18.3 Å². The highest BCUT2D eigenvalue weighted by Gasteiger charge is 2.47. The zero-order valence-electron chi connectivity index (χ0n) is 17.1. The van der Waals surface area contributed by atoms with Crippen LogP contribution in [0.1, 0.15) is 36.2 Å². The number of para-hydroxylation sites is 1. The summed E-state index contributed by atoms with van der Waals surface area (Å²) in [6, 6.07) is 13.3. The Bertz CT molecular complexity index is 1150. The first-order valence-electron chi connectivity index (χ1n) is 10.4. The van der Waals surface area contributed by atoms with Gasteiger partial charge in [0.2, 0.25) is 11.8 Å². The Kier molecular flexibility index (Phi) is 4.68. The van der Waals surface area contributed by atoms with Crippen LogP contribution in [0, 0.1) is 5.21 Å². The molecule has 2 N–H and O–H groups in total.